The molecule has 0 aromatic heterocycles. The number of ether oxygens (including phenoxy) is 1. The van der Waals surface area contributed by atoms with Crippen LogP contribution in [0.4, 0.5) is 0 Å². The van der Waals surface area contributed by atoms with Gasteiger partial charge in [0.25, 0.3) is 0 Å². The molecule has 134 valence electrons. The van der Waals surface area contributed by atoms with Crippen molar-refractivity contribution in [1.82, 2.24) is 0 Å². The maximum atomic E-state index is 10.7. The lowest BCUT2D eigenvalue weighted by Crippen LogP contribution is -2.13. The normalized spacial score (nSPS) is 11.5. The maximum Gasteiger partial charge on any atom is 0.170 e. The summed E-state index contributed by atoms with van der Waals surface area (Å²) >= 11 is 0. The standard InChI is InChI=1S/C20H18O4S2/c21-26(22,23)15-14-24-17-8-7-13-20(16-17)25(18-9-3-1-4-10-18)19-11-5-2-6-12-19/h1-13,16H,14-15H2. The molecule has 0 aliphatic rings. The third-order valence-electron chi connectivity index (χ3n) is 3.60. The largest absolute Gasteiger partial charge is 0.748 e. The molecule has 6 heteroatoms. The molecule has 0 radical (unpaired) electrons. The lowest BCUT2D eigenvalue weighted by molar-refractivity contribution is 0.334. The van der Waals surface area contributed by atoms with E-state index in [2.05, 4.69) is 24.3 Å². The van der Waals surface area contributed by atoms with Gasteiger partial charge in [-0.25, -0.2) is 8.42 Å². The number of hydrogen-bond acceptors (Lipinski definition) is 4. The van der Waals surface area contributed by atoms with Crippen molar-refractivity contribution < 1.29 is 17.7 Å². The minimum atomic E-state index is -4.28. The van der Waals surface area contributed by atoms with Gasteiger partial charge in [0.05, 0.1) is 26.8 Å². The summed E-state index contributed by atoms with van der Waals surface area (Å²) in [6.07, 6.45) is 0. The van der Waals surface area contributed by atoms with E-state index in [0.29, 0.717) is 5.75 Å². The fourth-order valence-corrected chi connectivity index (χ4v) is 4.89. The number of benzene rings is 3. The predicted molar refractivity (Wildman–Crippen MR) is 102 cm³/mol. The van der Waals surface area contributed by atoms with Crippen LogP contribution in [0.3, 0.4) is 0 Å². The van der Waals surface area contributed by atoms with Gasteiger partial charge in [-0.15, -0.1) is 0 Å². The van der Waals surface area contributed by atoms with Crippen LogP contribution in [0.15, 0.2) is 99.6 Å². The van der Waals surface area contributed by atoms with Gasteiger partial charge >= 0.3 is 0 Å². The Morgan fingerprint density at radius 3 is 1.85 bits per heavy atom. The van der Waals surface area contributed by atoms with E-state index >= 15 is 0 Å². The SMILES string of the molecule is O=S(=O)([O-])CCOc1cccc([S+](c2ccccc2)c2ccccc2)c1. The second kappa shape index (κ2) is 8.40. The first-order chi connectivity index (χ1) is 12.5. The van der Waals surface area contributed by atoms with Gasteiger partial charge in [0.15, 0.2) is 14.7 Å². The molecule has 0 atom stereocenters. The van der Waals surface area contributed by atoms with Gasteiger partial charge < -0.3 is 9.29 Å². The quantitative estimate of drug-likeness (QED) is 0.459. The molecule has 0 aliphatic heterocycles. The summed E-state index contributed by atoms with van der Waals surface area (Å²) in [4.78, 5) is 3.42. The average molecular weight is 386 g/mol. The molecule has 4 nitrogen and oxygen atoms in total. The molecule has 0 N–H and O–H groups in total. The summed E-state index contributed by atoms with van der Waals surface area (Å²) < 4.78 is 37.7. The minimum absolute atomic E-state index is 0.153. The molecule has 0 fully saturated rings. The van der Waals surface area contributed by atoms with E-state index in [1.165, 1.54) is 9.79 Å². The van der Waals surface area contributed by atoms with Crippen molar-refractivity contribution in [2.24, 2.45) is 0 Å². The third kappa shape index (κ3) is 5.11. The Balaban J connectivity index is 1.91. The van der Waals surface area contributed by atoms with Crippen LogP contribution in [0.1, 0.15) is 0 Å². The van der Waals surface area contributed by atoms with E-state index in [9.17, 15) is 13.0 Å². The van der Waals surface area contributed by atoms with E-state index in [1.54, 1.807) is 6.07 Å². The Kier molecular flexibility index (Phi) is 5.98. The summed E-state index contributed by atoms with van der Waals surface area (Å²) in [7, 11) is -4.59. The molecule has 3 aromatic rings. The highest BCUT2D eigenvalue weighted by atomic mass is 32.2. The summed E-state index contributed by atoms with van der Waals surface area (Å²) in [6, 6.07) is 28.0. The Bertz CT molecular complexity index is 902. The molecule has 26 heavy (non-hydrogen) atoms. The van der Waals surface area contributed by atoms with Crippen molar-refractivity contribution in [3.63, 3.8) is 0 Å². The van der Waals surface area contributed by atoms with Crippen molar-refractivity contribution in [1.29, 1.82) is 0 Å². The number of hydrogen-bond donors (Lipinski definition) is 0. The fraction of sp³-hybridized carbons (Fsp3) is 0.100. The van der Waals surface area contributed by atoms with Gasteiger partial charge in [-0.3, -0.25) is 0 Å². The van der Waals surface area contributed by atoms with Crippen LogP contribution in [0, 0.1) is 0 Å². The first kappa shape index (κ1) is 18.5. The molecule has 0 unspecified atom stereocenters. The molecule has 0 amide bonds. The summed E-state index contributed by atoms with van der Waals surface area (Å²) in [5.74, 6) is 0.0100. The minimum Gasteiger partial charge on any atom is -0.748 e. The van der Waals surface area contributed by atoms with Crippen molar-refractivity contribution in [3.8, 4) is 5.75 Å². The van der Waals surface area contributed by atoms with Gasteiger partial charge in [-0.1, -0.05) is 42.5 Å². The third-order valence-corrected chi connectivity index (χ3v) is 6.48. The van der Waals surface area contributed by atoms with Crippen molar-refractivity contribution in [3.05, 3.63) is 84.9 Å². The van der Waals surface area contributed by atoms with Crippen LogP contribution in [0.2, 0.25) is 0 Å². The van der Waals surface area contributed by atoms with Crippen LogP contribution in [-0.2, 0) is 21.0 Å². The number of rotatable bonds is 7. The second-order valence-corrected chi connectivity index (χ2v) is 9.07. The van der Waals surface area contributed by atoms with Gasteiger partial charge in [-0.2, -0.15) is 0 Å². The van der Waals surface area contributed by atoms with E-state index in [0.717, 1.165) is 4.90 Å². The van der Waals surface area contributed by atoms with Crippen LogP contribution >= 0.6 is 0 Å². The monoisotopic (exact) mass is 386 g/mol. The Labute approximate surface area is 156 Å². The molecular weight excluding hydrogens is 368 g/mol. The molecule has 3 rings (SSSR count). The van der Waals surface area contributed by atoms with Gasteiger partial charge in [0.1, 0.15) is 12.4 Å². The van der Waals surface area contributed by atoms with Gasteiger partial charge in [-0.05, 0) is 36.4 Å². The first-order valence-electron chi connectivity index (χ1n) is 8.04. The topological polar surface area (TPSA) is 66.4 Å². The Morgan fingerprint density at radius 2 is 1.31 bits per heavy atom. The molecule has 0 saturated heterocycles. The highest BCUT2D eigenvalue weighted by molar-refractivity contribution is 7.97. The molecule has 0 saturated carbocycles. The molecule has 0 heterocycles. The van der Waals surface area contributed by atoms with Gasteiger partial charge in [0.2, 0.25) is 0 Å². The van der Waals surface area contributed by atoms with Crippen LogP contribution in [0.5, 0.6) is 5.75 Å². The van der Waals surface area contributed by atoms with E-state index < -0.39 is 15.9 Å². The molecule has 0 spiro atoms. The smallest absolute Gasteiger partial charge is 0.170 e. The first-order valence-corrected chi connectivity index (χ1v) is 10.8. The molecule has 0 aliphatic carbocycles. The van der Waals surface area contributed by atoms with E-state index in [1.807, 2.05) is 54.6 Å². The van der Waals surface area contributed by atoms with E-state index in [-0.39, 0.29) is 17.5 Å². The lowest BCUT2D eigenvalue weighted by Gasteiger charge is -2.11. The average Bonchev–Trinajstić information content (AvgIpc) is 2.63. The van der Waals surface area contributed by atoms with Gasteiger partial charge in [0, 0.05) is 6.07 Å². The summed E-state index contributed by atoms with van der Waals surface area (Å²) in [5.41, 5.74) is 0. The summed E-state index contributed by atoms with van der Waals surface area (Å²) in [6.45, 7) is -0.153. The molecule has 0 bridgehead atoms. The Hall–Kier alpha value is -2.28. The molecular formula is C20H18O4S2. The second-order valence-electron chi connectivity index (χ2n) is 5.52. The van der Waals surface area contributed by atoms with Crippen molar-refractivity contribution >= 4 is 21.0 Å². The fourth-order valence-electron chi connectivity index (χ4n) is 2.47. The lowest BCUT2D eigenvalue weighted by atomic mass is 10.3. The van der Waals surface area contributed by atoms with Crippen LogP contribution < -0.4 is 4.74 Å². The van der Waals surface area contributed by atoms with Crippen molar-refractivity contribution in [2.45, 2.75) is 14.7 Å². The Morgan fingerprint density at radius 1 is 0.769 bits per heavy atom. The zero-order chi connectivity index (χ0) is 18.4. The van der Waals surface area contributed by atoms with Crippen molar-refractivity contribution in [2.75, 3.05) is 12.4 Å². The predicted octanol–water partition coefficient (Wildman–Crippen LogP) is 3.71. The van der Waals surface area contributed by atoms with Crippen LogP contribution in [-0.4, -0.2) is 25.3 Å². The van der Waals surface area contributed by atoms with Crippen LogP contribution in [0.25, 0.3) is 0 Å². The maximum absolute atomic E-state index is 10.7. The summed E-state index contributed by atoms with van der Waals surface area (Å²) in [5, 5.41) is 0. The highest BCUT2D eigenvalue weighted by Gasteiger charge is 2.28. The molecule has 3 aromatic carbocycles. The zero-order valence-corrected chi connectivity index (χ0v) is 15.6. The van der Waals surface area contributed by atoms with E-state index in [4.69, 9.17) is 4.74 Å². The zero-order valence-electron chi connectivity index (χ0n) is 13.9. The highest BCUT2D eigenvalue weighted by Crippen LogP contribution is 2.32.